The maximum absolute atomic E-state index is 13.5. The monoisotopic (exact) mass is 562 g/mol. The summed E-state index contributed by atoms with van der Waals surface area (Å²) in [6.07, 6.45) is -0.646. The molecule has 0 aliphatic carbocycles. The Labute approximate surface area is 218 Å². The number of nitrogens with one attached hydrogen (secondary N) is 2. The van der Waals surface area contributed by atoms with E-state index in [4.69, 9.17) is 10.5 Å². The highest BCUT2D eigenvalue weighted by molar-refractivity contribution is 7.90. The average Bonchev–Trinajstić information content (AvgIpc) is 2.86. The predicted molar refractivity (Wildman–Crippen MR) is 133 cm³/mol. The Balaban J connectivity index is 1.41. The van der Waals surface area contributed by atoms with E-state index in [0.29, 0.717) is 29.0 Å². The molecule has 0 bridgehead atoms. The first-order chi connectivity index (χ1) is 18.3. The van der Waals surface area contributed by atoms with E-state index in [0.717, 1.165) is 18.5 Å². The van der Waals surface area contributed by atoms with Crippen molar-refractivity contribution >= 4 is 33.1 Å². The van der Waals surface area contributed by atoms with Gasteiger partial charge in [0, 0.05) is 11.8 Å². The van der Waals surface area contributed by atoms with E-state index in [9.17, 15) is 30.8 Å². The predicted octanol–water partition coefficient (Wildman–Crippen LogP) is 5.12. The average molecular weight is 563 g/mol. The third-order valence-electron chi connectivity index (χ3n) is 5.10. The zero-order valence-electron chi connectivity index (χ0n) is 19.8. The van der Waals surface area contributed by atoms with Gasteiger partial charge in [-0.2, -0.15) is 13.2 Å². The molecule has 0 spiro atoms. The number of carbonyl (C=O) groups is 1. The van der Waals surface area contributed by atoms with Gasteiger partial charge in [0.25, 0.3) is 0 Å². The third-order valence-corrected chi connectivity index (χ3v) is 6.24. The van der Waals surface area contributed by atoms with Gasteiger partial charge in [0.2, 0.25) is 0 Å². The number of benzene rings is 2. The first-order valence-corrected chi connectivity index (χ1v) is 12.7. The van der Waals surface area contributed by atoms with Gasteiger partial charge in [0.1, 0.15) is 17.4 Å². The van der Waals surface area contributed by atoms with Crippen LogP contribution >= 0.6 is 0 Å². The Bertz CT molecular complexity index is 1630. The lowest BCUT2D eigenvalue weighted by Gasteiger charge is -2.14. The quantitative estimate of drug-likeness (QED) is 0.274. The number of alkyl halides is 3. The van der Waals surface area contributed by atoms with Gasteiger partial charge in [0.05, 0.1) is 40.4 Å². The summed E-state index contributed by atoms with van der Waals surface area (Å²) in [7, 11) is -4.10. The molecular weight excluding hydrogens is 544 g/mol. The summed E-state index contributed by atoms with van der Waals surface area (Å²) in [6, 6.07) is 8.58. The van der Waals surface area contributed by atoms with Gasteiger partial charge in [-0.3, -0.25) is 0 Å². The Hall–Kier alpha value is -4.79. The van der Waals surface area contributed by atoms with Gasteiger partial charge >= 0.3 is 18.2 Å². The van der Waals surface area contributed by atoms with Crippen LogP contribution in [0.1, 0.15) is 5.56 Å². The molecule has 39 heavy (non-hydrogen) atoms. The van der Waals surface area contributed by atoms with Crippen molar-refractivity contribution in [2.24, 2.45) is 0 Å². The van der Waals surface area contributed by atoms with Gasteiger partial charge in [-0.25, -0.2) is 32.6 Å². The maximum atomic E-state index is 13.5. The number of nitrogens with zero attached hydrogens (tertiary/aromatic N) is 3. The summed E-state index contributed by atoms with van der Waals surface area (Å²) < 4.78 is 82.0. The topological polar surface area (TPSA) is 149 Å². The van der Waals surface area contributed by atoms with Crippen molar-refractivity contribution in [1.82, 2.24) is 15.0 Å². The van der Waals surface area contributed by atoms with Crippen LogP contribution in [-0.4, -0.2) is 35.7 Å². The van der Waals surface area contributed by atoms with Crippen LogP contribution in [0, 0.1) is 5.82 Å². The fourth-order valence-corrected chi connectivity index (χ4v) is 4.18. The smallest absolute Gasteiger partial charge is 0.416 e. The number of halogens is 4. The highest BCUT2D eigenvalue weighted by Crippen LogP contribution is 2.34. The molecule has 10 nitrogen and oxygen atoms in total. The molecule has 15 heteroatoms. The Kier molecular flexibility index (Phi) is 7.36. The molecule has 0 radical (unpaired) electrons. The van der Waals surface area contributed by atoms with E-state index in [2.05, 4.69) is 25.6 Å². The molecule has 2 amide bonds. The van der Waals surface area contributed by atoms with Gasteiger partial charge < -0.3 is 21.1 Å². The molecule has 4 N–H and O–H groups in total. The molecule has 0 fully saturated rings. The van der Waals surface area contributed by atoms with Crippen molar-refractivity contribution in [3.63, 3.8) is 0 Å². The summed E-state index contributed by atoms with van der Waals surface area (Å²) in [5.41, 5.74) is 5.36. The first-order valence-electron chi connectivity index (χ1n) is 10.8. The number of amides is 2. The number of nitrogen functional groups attached to an aromatic ring is 1. The third kappa shape index (κ3) is 6.75. The van der Waals surface area contributed by atoms with E-state index >= 15 is 0 Å². The minimum atomic E-state index is -4.77. The second-order valence-electron chi connectivity index (χ2n) is 8.03. The van der Waals surface area contributed by atoms with E-state index < -0.39 is 38.3 Å². The molecule has 2 aromatic heterocycles. The Morgan fingerprint density at radius 2 is 1.62 bits per heavy atom. The molecule has 0 aliphatic heterocycles. The zero-order chi connectivity index (χ0) is 28.4. The van der Waals surface area contributed by atoms with Crippen LogP contribution in [0.3, 0.4) is 0 Å². The fourth-order valence-electron chi connectivity index (χ4n) is 3.32. The molecule has 0 saturated carbocycles. The number of pyridine rings is 1. The van der Waals surface area contributed by atoms with Crippen LogP contribution in [0.25, 0.3) is 11.1 Å². The van der Waals surface area contributed by atoms with Crippen LogP contribution in [0.2, 0.25) is 0 Å². The van der Waals surface area contributed by atoms with Crippen LogP contribution in [0.5, 0.6) is 11.8 Å². The van der Waals surface area contributed by atoms with Gasteiger partial charge in [-0.1, -0.05) is 12.1 Å². The molecule has 0 aliphatic rings. The Morgan fingerprint density at radius 3 is 2.23 bits per heavy atom. The van der Waals surface area contributed by atoms with Crippen molar-refractivity contribution in [2.75, 3.05) is 22.6 Å². The molecule has 0 unspecified atom stereocenters. The molecule has 0 atom stereocenters. The van der Waals surface area contributed by atoms with Crippen molar-refractivity contribution in [1.29, 1.82) is 0 Å². The van der Waals surface area contributed by atoms with E-state index in [1.54, 1.807) is 24.3 Å². The molecule has 0 saturated heterocycles. The molecule has 2 aromatic carbocycles. The van der Waals surface area contributed by atoms with Crippen LogP contribution in [-0.2, 0) is 16.0 Å². The molecule has 202 valence electrons. The lowest BCUT2D eigenvalue weighted by Crippen LogP contribution is -2.21. The largest absolute Gasteiger partial charge is 0.424 e. The van der Waals surface area contributed by atoms with Crippen LogP contribution in [0.15, 0.2) is 72.0 Å². The lowest BCUT2D eigenvalue weighted by molar-refractivity contribution is -0.137. The van der Waals surface area contributed by atoms with E-state index in [-0.39, 0.29) is 23.2 Å². The molecule has 4 aromatic rings. The van der Waals surface area contributed by atoms with Crippen molar-refractivity contribution < 1.29 is 35.5 Å². The van der Waals surface area contributed by atoms with Crippen molar-refractivity contribution in [2.45, 2.75) is 11.1 Å². The number of anilines is 3. The van der Waals surface area contributed by atoms with Crippen molar-refractivity contribution in [3.8, 4) is 22.9 Å². The SMILES string of the molecule is CS(=O)(=O)c1cc(C(F)(F)F)ccc1NC(=O)Nc1cnc(Oc2ccc(-c3cc(F)cnc3N)cc2)nc1. The highest BCUT2D eigenvalue weighted by atomic mass is 32.2. The maximum Gasteiger partial charge on any atom is 0.416 e. The summed E-state index contributed by atoms with van der Waals surface area (Å²) in [4.78, 5) is 23.3. The highest BCUT2D eigenvalue weighted by Gasteiger charge is 2.32. The number of sulfone groups is 1. The lowest BCUT2D eigenvalue weighted by atomic mass is 10.1. The van der Waals surface area contributed by atoms with Gasteiger partial charge in [0.15, 0.2) is 9.84 Å². The van der Waals surface area contributed by atoms with Gasteiger partial charge in [-0.15, -0.1) is 0 Å². The van der Waals surface area contributed by atoms with E-state index in [1.807, 2.05) is 0 Å². The summed E-state index contributed by atoms with van der Waals surface area (Å²) in [5, 5.41) is 4.55. The number of hydrogen-bond donors (Lipinski definition) is 3. The molecule has 4 rings (SSSR count). The van der Waals surface area contributed by atoms with E-state index in [1.165, 1.54) is 18.5 Å². The molecular formula is C24H18F4N6O4S. The minimum absolute atomic E-state index is 0.0806. The summed E-state index contributed by atoms with van der Waals surface area (Å²) in [5.74, 6) is -0.0346. The second-order valence-corrected chi connectivity index (χ2v) is 10.0. The second kappa shape index (κ2) is 10.5. The number of carbonyl (C=O) groups excluding carboxylic acids is 1. The number of rotatable bonds is 6. The van der Waals surface area contributed by atoms with Crippen LogP contribution in [0.4, 0.5) is 39.5 Å². The Morgan fingerprint density at radius 1 is 0.949 bits per heavy atom. The summed E-state index contributed by atoms with van der Waals surface area (Å²) in [6.45, 7) is 0. The van der Waals surface area contributed by atoms with Crippen LogP contribution < -0.4 is 21.1 Å². The molecule has 2 heterocycles. The standard InChI is InChI=1S/C24H18F4N6O4S/c1-39(36,37)20-8-14(24(26,27)28)4-7-19(20)34-22(35)33-16-11-31-23(32-12-16)38-17-5-2-13(3-6-17)18-9-15(25)10-30-21(18)29/h2-12H,1H3,(H2,29,30)(H2,33,34,35). The number of nitrogens with two attached hydrogens (primary N) is 1. The first kappa shape index (κ1) is 27.3. The zero-order valence-corrected chi connectivity index (χ0v) is 20.6. The number of ether oxygens (including phenoxy) is 1. The minimum Gasteiger partial charge on any atom is -0.424 e. The fraction of sp³-hybridized carbons (Fsp3) is 0.0833. The van der Waals surface area contributed by atoms with Gasteiger partial charge in [-0.05, 0) is 42.0 Å². The van der Waals surface area contributed by atoms with Crippen molar-refractivity contribution in [3.05, 3.63) is 78.5 Å². The number of aromatic nitrogens is 3. The normalized spacial score (nSPS) is 11.6. The number of hydrogen-bond acceptors (Lipinski definition) is 8. The number of urea groups is 1. The summed E-state index contributed by atoms with van der Waals surface area (Å²) >= 11 is 0.